The predicted molar refractivity (Wildman–Crippen MR) is 105 cm³/mol. The van der Waals surface area contributed by atoms with E-state index in [9.17, 15) is 17.6 Å². The molecule has 154 valence electrons. The van der Waals surface area contributed by atoms with Crippen molar-refractivity contribution in [3.8, 4) is 5.75 Å². The van der Waals surface area contributed by atoms with Crippen LogP contribution in [0.5, 0.6) is 5.75 Å². The van der Waals surface area contributed by atoms with Crippen LogP contribution in [-0.2, 0) is 10.0 Å². The topological polar surface area (TPSA) is 72.5 Å². The highest BCUT2D eigenvalue weighted by molar-refractivity contribution is 7.89. The van der Waals surface area contributed by atoms with E-state index in [1.54, 1.807) is 4.72 Å². The Bertz CT molecular complexity index is 922. The zero-order valence-corrected chi connectivity index (χ0v) is 17.8. The van der Waals surface area contributed by atoms with Gasteiger partial charge in [-0.05, 0) is 56.4 Å². The molecule has 9 heteroatoms. The summed E-state index contributed by atoms with van der Waals surface area (Å²) in [6, 6.07) is 2.13. The van der Waals surface area contributed by atoms with E-state index < -0.39 is 27.3 Å². The molecule has 5 nitrogen and oxygen atoms in total. The number of ether oxygens (including phenoxy) is 1. The summed E-state index contributed by atoms with van der Waals surface area (Å²) >= 11 is 13.0. The smallest absolute Gasteiger partial charge is 0.267 e. The highest BCUT2D eigenvalue weighted by Gasteiger charge is 2.57. The van der Waals surface area contributed by atoms with Gasteiger partial charge >= 0.3 is 0 Å². The van der Waals surface area contributed by atoms with Crippen molar-refractivity contribution in [3.05, 3.63) is 28.5 Å². The summed E-state index contributed by atoms with van der Waals surface area (Å²) in [6.45, 7) is 0.405. The summed E-state index contributed by atoms with van der Waals surface area (Å²) in [7, 11) is -3.81. The number of sulfonamides is 1. The maximum absolute atomic E-state index is 14.4. The lowest BCUT2D eigenvalue weighted by molar-refractivity contribution is -0.0637. The van der Waals surface area contributed by atoms with Gasteiger partial charge < -0.3 is 4.74 Å². The molecule has 1 aromatic rings. The minimum Gasteiger partial charge on any atom is -0.491 e. The standard InChI is InChI=1S/C19H22Cl2FNO4S/c1-28(25,26)23-17(24)13-3-14(20)16(4-15(13)22)27-10-18-5-11-2-12(6-18)8-19(21,7-11)9-18/h3-4,11-12H,2,5-10H2,1H3,(H,23,24). The third-order valence-electron chi connectivity index (χ3n) is 6.19. The van der Waals surface area contributed by atoms with Crippen LogP contribution in [0.1, 0.15) is 48.9 Å². The molecule has 2 unspecified atom stereocenters. The molecule has 1 amide bonds. The van der Waals surface area contributed by atoms with Gasteiger partial charge in [0.05, 0.1) is 23.4 Å². The molecule has 1 aromatic carbocycles. The Morgan fingerprint density at radius 2 is 1.93 bits per heavy atom. The van der Waals surface area contributed by atoms with E-state index in [0.717, 1.165) is 50.5 Å². The van der Waals surface area contributed by atoms with Gasteiger partial charge in [-0.25, -0.2) is 17.5 Å². The molecule has 0 aliphatic heterocycles. The number of carbonyl (C=O) groups is 1. The van der Waals surface area contributed by atoms with E-state index in [1.807, 2.05) is 0 Å². The van der Waals surface area contributed by atoms with E-state index >= 15 is 0 Å². The van der Waals surface area contributed by atoms with E-state index in [0.29, 0.717) is 18.4 Å². The SMILES string of the molecule is CS(=O)(=O)NC(=O)c1cc(Cl)c(OCC23CC4CC(CC(Cl)(C4)C2)C3)cc1F. The number of hydrogen-bond donors (Lipinski definition) is 1. The number of carbonyl (C=O) groups excluding carboxylic acids is 1. The Morgan fingerprint density at radius 3 is 2.50 bits per heavy atom. The molecule has 4 fully saturated rings. The van der Waals surface area contributed by atoms with Gasteiger partial charge in [0.15, 0.2) is 0 Å². The Balaban J connectivity index is 1.50. The quantitative estimate of drug-likeness (QED) is 0.685. The maximum atomic E-state index is 14.4. The van der Waals surface area contributed by atoms with Crippen molar-refractivity contribution in [2.24, 2.45) is 17.3 Å². The molecular formula is C19H22Cl2FNO4S. The predicted octanol–water partition coefficient (Wildman–Crippen LogP) is 4.13. The van der Waals surface area contributed by atoms with Crippen molar-refractivity contribution in [1.29, 1.82) is 0 Å². The fourth-order valence-electron chi connectivity index (χ4n) is 5.77. The van der Waals surface area contributed by atoms with Gasteiger partial charge in [-0.15, -0.1) is 11.6 Å². The van der Waals surface area contributed by atoms with Gasteiger partial charge in [-0.3, -0.25) is 4.79 Å². The Hall–Kier alpha value is -1.05. The van der Waals surface area contributed by atoms with Gasteiger partial charge in [-0.2, -0.15) is 0 Å². The summed E-state index contributed by atoms with van der Waals surface area (Å²) in [4.78, 5) is 11.8. The fraction of sp³-hybridized carbons (Fsp3) is 0.632. The number of hydrogen-bond acceptors (Lipinski definition) is 4. The van der Waals surface area contributed by atoms with Crippen LogP contribution in [0.25, 0.3) is 0 Å². The second kappa shape index (κ2) is 6.74. The molecule has 4 aliphatic rings. The molecule has 28 heavy (non-hydrogen) atoms. The van der Waals surface area contributed by atoms with Crippen molar-refractivity contribution in [2.45, 2.75) is 43.4 Å². The number of nitrogens with one attached hydrogen (secondary N) is 1. The summed E-state index contributed by atoms with van der Waals surface area (Å²) < 4.78 is 44.4. The lowest BCUT2D eigenvalue weighted by Gasteiger charge is -2.59. The van der Waals surface area contributed by atoms with E-state index in [4.69, 9.17) is 27.9 Å². The van der Waals surface area contributed by atoms with Crippen molar-refractivity contribution < 1.29 is 22.3 Å². The first kappa shape index (κ1) is 20.2. The van der Waals surface area contributed by atoms with Gasteiger partial charge in [0.25, 0.3) is 5.91 Å². The van der Waals surface area contributed by atoms with E-state index in [-0.39, 0.29) is 21.1 Å². The van der Waals surface area contributed by atoms with Gasteiger partial charge in [0.1, 0.15) is 11.6 Å². The van der Waals surface area contributed by atoms with Crippen LogP contribution < -0.4 is 9.46 Å². The van der Waals surface area contributed by atoms with E-state index in [2.05, 4.69) is 0 Å². The molecule has 4 aliphatic carbocycles. The Labute approximate surface area is 174 Å². The molecule has 2 atom stereocenters. The monoisotopic (exact) mass is 449 g/mol. The number of alkyl halides is 1. The zero-order valence-electron chi connectivity index (χ0n) is 15.4. The van der Waals surface area contributed by atoms with Crippen molar-refractivity contribution in [2.75, 3.05) is 12.9 Å². The molecular weight excluding hydrogens is 428 g/mol. The van der Waals surface area contributed by atoms with Crippen molar-refractivity contribution in [3.63, 3.8) is 0 Å². The molecule has 0 saturated heterocycles. The maximum Gasteiger partial charge on any atom is 0.267 e. The average molecular weight is 450 g/mol. The molecule has 0 heterocycles. The van der Waals surface area contributed by atoms with Gasteiger partial charge in [0.2, 0.25) is 10.0 Å². The van der Waals surface area contributed by atoms with Crippen molar-refractivity contribution in [1.82, 2.24) is 4.72 Å². The summed E-state index contributed by atoms with van der Waals surface area (Å²) in [5.41, 5.74) is -0.463. The van der Waals surface area contributed by atoms with Crippen LogP contribution in [0.4, 0.5) is 4.39 Å². The third kappa shape index (κ3) is 3.98. The largest absolute Gasteiger partial charge is 0.491 e. The van der Waals surface area contributed by atoms with Gasteiger partial charge in [0, 0.05) is 16.4 Å². The molecule has 0 aromatic heterocycles. The summed E-state index contributed by atoms with van der Waals surface area (Å²) in [5, 5.41) is 0.0605. The highest BCUT2D eigenvalue weighted by Crippen LogP contribution is 2.63. The van der Waals surface area contributed by atoms with Crippen molar-refractivity contribution >= 4 is 39.1 Å². The highest BCUT2D eigenvalue weighted by atomic mass is 35.5. The molecule has 0 spiro atoms. The number of amides is 1. The molecule has 4 saturated carbocycles. The minimum atomic E-state index is -3.81. The number of benzene rings is 1. The first-order valence-corrected chi connectivity index (χ1v) is 11.9. The molecule has 5 rings (SSSR count). The Morgan fingerprint density at radius 1 is 1.29 bits per heavy atom. The third-order valence-corrected chi connectivity index (χ3v) is 7.48. The molecule has 4 bridgehead atoms. The van der Waals surface area contributed by atoms with Crippen LogP contribution in [0.2, 0.25) is 5.02 Å². The number of halogens is 3. The molecule has 1 N–H and O–H groups in total. The molecule has 0 radical (unpaired) electrons. The zero-order chi connectivity index (χ0) is 20.3. The average Bonchev–Trinajstić information content (AvgIpc) is 2.51. The lowest BCUT2D eigenvalue weighted by Crippen LogP contribution is -2.55. The second-order valence-corrected chi connectivity index (χ2v) is 11.8. The minimum absolute atomic E-state index is 0.0159. The normalized spacial score (nSPS) is 33.7. The number of rotatable bonds is 5. The first-order valence-electron chi connectivity index (χ1n) is 9.29. The van der Waals surface area contributed by atoms with Gasteiger partial charge in [-0.1, -0.05) is 11.6 Å². The van der Waals surface area contributed by atoms with Crippen LogP contribution in [0.3, 0.4) is 0 Å². The summed E-state index contributed by atoms with van der Waals surface area (Å²) in [5.74, 6) is -0.568. The van der Waals surface area contributed by atoms with Crippen LogP contribution in [-0.4, -0.2) is 32.1 Å². The lowest BCUT2D eigenvalue weighted by atomic mass is 9.49. The summed E-state index contributed by atoms with van der Waals surface area (Å²) in [6.07, 6.45) is 7.19. The Kier molecular flexibility index (Phi) is 4.87. The second-order valence-electron chi connectivity index (χ2n) is 8.87. The fourth-order valence-corrected chi connectivity index (χ4v) is 7.16. The van der Waals surface area contributed by atoms with Crippen LogP contribution >= 0.6 is 23.2 Å². The van der Waals surface area contributed by atoms with Crippen LogP contribution in [0.15, 0.2) is 12.1 Å². The first-order chi connectivity index (χ1) is 13.0. The van der Waals surface area contributed by atoms with E-state index in [1.165, 1.54) is 6.42 Å². The van der Waals surface area contributed by atoms with Crippen LogP contribution in [0, 0.1) is 23.1 Å².